The molecule has 0 aliphatic heterocycles. The molecule has 0 aliphatic rings. The SMILES string of the molecule is CCC/C(=N/NC(=O)Nc1ccccc1)c1ccccc1. The molecule has 0 radical (unpaired) electrons. The fraction of sp³-hybridized carbons (Fsp3) is 0.176. The van der Waals surface area contributed by atoms with Crippen molar-refractivity contribution in [1.29, 1.82) is 0 Å². The van der Waals surface area contributed by atoms with Crippen LogP contribution in [0.3, 0.4) is 0 Å². The maximum atomic E-state index is 11.8. The second-order valence-electron chi connectivity index (χ2n) is 4.61. The van der Waals surface area contributed by atoms with Crippen LogP contribution >= 0.6 is 0 Å². The fourth-order valence-corrected chi connectivity index (χ4v) is 1.93. The summed E-state index contributed by atoms with van der Waals surface area (Å²) in [6, 6.07) is 18.8. The number of hydrogen-bond acceptors (Lipinski definition) is 2. The molecule has 2 amide bonds. The number of urea groups is 1. The van der Waals surface area contributed by atoms with Crippen LogP contribution in [0.4, 0.5) is 10.5 Å². The standard InChI is InChI=1S/C17H19N3O/c1-2-9-16(14-10-5-3-6-11-14)19-20-17(21)18-15-12-7-4-8-13-15/h3-8,10-13H,2,9H2,1H3,(H2,18,20,21)/b19-16-. The van der Waals surface area contributed by atoms with Crippen LogP contribution in [0.1, 0.15) is 25.3 Å². The number of benzene rings is 2. The number of hydrazone groups is 1. The van der Waals surface area contributed by atoms with Crippen LogP contribution in [0.15, 0.2) is 65.8 Å². The third kappa shape index (κ3) is 4.76. The molecule has 2 rings (SSSR count). The molecule has 0 spiro atoms. The zero-order chi connectivity index (χ0) is 14.9. The molecule has 0 fully saturated rings. The van der Waals surface area contributed by atoms with E-state index >= 15 is 0 Å². The first-order chi connectivity index (χ1) is 10.3. The Morgan fingerprint density at radius 2 is 1.62 bits per heavy atom. The molecule has 108 valence electrons. The molecular weight excluding hydrogens is 262 g/mol. The molecule has 0 aliphatic carbocycles. The van der Waals surface area contributed by atoms with E-state index in [0.29, 0.717) is 0 Å². The van der Waals surface area contributed by atoms with E-state index in [9.17, 15) is 4.79 Å². The van der Waals surface area contributed by atoms with Crippen molar-refractivity contribution >= 4 is 17.4 Å². The van der Waals surface area contributed by atoms with E-state index in [0.717, 1.165) is 29.8 Å². The van der Waals surface area contributed by atoms with E-state index in [2.05, 4.69) is 22.8 Å². The van der Waals surface area contributed by atoms with Gasteiger partial charge < -0.3 is 5.32 Å². The van der Waals surface area contributed by atoms with Gasteiger partial charge in [-0.2, -0.15) is 5.10 Å². The van der Waals surface area contributed by atoms with Crippen molar-refractivity contribution in [3.05, 3.63) is 66.2 Å². The number of carbonyl (C=O) groups excluding carboxylic acids is 1. The minimum absolute atomic E-state index is 0.342. The lowest BCUT2D eigenvalue weighted by Crippen LogP contribution is -2.25. The first-order valence-corrected chi connectivity index (χ1v) is 7.03. The third-order valence-corrected chi connectivity index (χ3v) is 2.92. The number of amides is 2. The van der Waals surface area contributed by atoms with Crippen molar-refractivity contribution in [2.75, 3.05) is 5.32 Å². The molecule has 0 saturated heterocycles. The predicted molar refractivity (Wildman–Crippen MR) is 86.5 cm³/mol. The van der Waals surface area contributed by atoms with E-state index in [4.69, 9.17) is 0 Å². The molecule has 2 N–H and O–H groups in total. The first-order valence-electron chi connectivity index (χ1n) is 7.03. The highest BCUT2D eigenvalue weighted by molar-refractivity contribution is 6.01. The summed E-state index contributed by atoms with van der Waals surface area (Å²) in [5, 5.41) is 6.97. The number of hydrogen-bond donors (Lipinski definition) is 2. The van der Waals surface area contributed by atoms with Gasteiger partial charge in [0.15, 0.2) is 0 Å². The summed E-state index contributed by atoms with van der Waals surface area (Å²) >= 11 is 0. The Morgan fingerprint density at radius 1 is 1.00 bits per heavy atom. The topological polar surface area (TPSA) is 53.5 Å². The second kappa shape index (κ2) is 7.85. The van der Waals surface area contributed by atoms with Crippen LogP contribution in [0.2, 0.25) is 0 Å². The molecule has 0 saturated carbocycles. The number of nitrogens with one attached hydrogen (secondary N) is 2. The maximum absolute atomic E-state index is 11.8. The van der Waals surface area contributed by atoms with Crippen LogP contribution in [0.25, 0.3) is 0 Å². The molecule has 0 unspecified atom stereocenters. The van der Waals surface area contributed by atoms with E-state index < -0.39 is 0 Å². The van der Waals surface area contributed by atoms with Crippen molar-refractivity contribution in [3.63, 3.8) is 0 Å². The molecule has 0 atom stereocenters. The Morgan fingerprint density at radius 3 is 2.24 bits per heavy atom. The average molecular weight is 281 g/mol. The molecule has 0 aromatic heterocycles. The van der Waals surface area contributed by atoms with Gasteiger partial charge in [-0.1, -0.05) is 61.9 Å². The smallest absolute Gasteiger partial charge is 0.307 e. The summed E-state index contributed by atoms with van der Waals surface area (Å²) in [6.07, 6.45) is 1.78. The highest BCUT2D eigenvalue weighted by atomic mass is 16.2. The first kappa shape index (κ1) is 14.8. The molecule has 2 aromatic rings. The van der Waals surface area contributed by atoms with Crippen LogP contribution in [-0.2, 0) is 0 Å². The largest absolute Gasteiger partial charge is 0.339 e. The van der Waals surface area contributed by atoms with Gasteiger partial charge in [-0.25, -0.2) is 10.2 Å². The fourth-order valence-electron chi connectivity index (χ4n) is 1.93. The minimum atomic E-state index is -0.342. The van der Waals surface area contributed by atoms with Crippen LogP contribution < -0.4 is 10.7 Å². The van der Waals surface area contributed by atoms with Gasteiger partial charge in [-0.05, 0) is 24.1 Å². The minimum Gasteiger partial charge on any atom is -0.307 e. The quantitative estimate of drug-likeness (QED) is 0.631. The summed E-state index contributed by atoms with van der Waals surface area (Å²) in [4.78, 5) is 11.8. The van der Waals surface area contributed by atoms with E-state index in [1.807, 2.05) is 60.7 Å². The van der Waals surface area contributed by atoms with Gasteiger partial charge in [-0.15, -0.1) is 0 Å². The lowest BCUT2D eigenvalue weighted by Gasteiger charge is -2.07. The third-order valence-electron chi connectivity index (χ3n) is 2.92. The molecule has 2 aromatic carbocycles. The lowest BCUT2D eigenvalue weighted by molar-refractivity contribution is 0.252. The summed E-state index contributed by atoms with van der Waals surface area (Å²) in [5.41, 5.74) is 5.19. The highest BCUT2D eigenvalue weighted by Gasteiger charge is 2.04. The zero-order valence-corrected chi connectivity index (χ0v) is 12.0. The van der Waals surface area contributed by atoms with Gasteiger partial charge in [0.05, 0.1) is 5.71 Å². The molecule has 0 bridgehead atoms. The highest BCUT2D eigenvalue weighted by Crippen LogP contribution is 2.07. The maximum Gasteiger partial charge on any atom is 0.339 e. The zero-order valence-electron chi connectivity index (χ0n) is 12.0. The summed E-state index contributed by atoms with van der Waals surface area (Å²) in [5.74, 6) is 0. The molecule has 0 heterocycles. The Hall–Kier alpha value is -2.62. The van der Waals surface area contributed by atoms with Gasteiger partial charge >= 0.3 is 6.03 Å². The summed E-state index contributed by atoms with van der Waals surface area (Å²) in [7, 11) is 0. The number of para-hydroxylation sites is 1. The van der Waals surface area contributed by atoms with E-state index in [1.165, 1.54) is 0 Å². The number of nitrogens with zero attached hydrogens (tertiary/aromatic N) is 1. The number of carbonyl (C=O) groups is 1. The second-order valence-corrected chi connectivity index (χ2v) is 4.61. The van der Waals surface area contributed by atoms with Crippen molar-refractivity contribution < 1.29 is 4.79 Å². The van der Waals surface area contributed by atoms with Crippen LogP contribution in [0, 0.1) is 0 Å². The monoisotopic (exact) mass is 281 g/mol. The molecule has 4 heteroatoms. The molecule has 4 nitrogen and oxygen atoms in total. The lowest BCUT2D eigenvalue weighted by atomic mass is 10.1. The Bertz CT molecular complexity index is 594. The van der Waals surface area contributed by atoms with Gasteiger partial charge in [0, 0.05) is 5.69 Å². The van der Waals surface area contributed by atoms with Crippen molar-refractivity contribution in [2.45, 2.75) is 19.8 Å². The van der Waals surface area contributed by atoms with E-state index in [-0.39, 0.29) is 6.03 Å². The molecular formula is C17H19N3O. The Kier molecular flexibility index (Phi) is 5.52. The average Bonchev–Trinajstić information content (AvgIpc) is 2.53. The number of anilines is 1. The van der Waals surface area contributed by atoms with Gasteiger partial charge in [0.2, 0.25) is 0 Å². The van der Waals surface area contributed by atoms with Crippen LogP contribution in [-0.4, -0.2) is 11.7 Å². The Labute approximate surface area is 124 Å². The summed E-state index contributed by atoms with van der Waals surface area (Å²) < 4.78 is 0. The van der Waals surface area contributed by atoms with Crippen molar-refractivity contribution in [3.8, 4) is 0 Å². The van der Waals surface area contributed by atoms with Gasteiger partial charge in [-0.3, -0.25) is 0 Å². The predicted octanol–water partition coefficient (Wildman–Crippen LogP) is 4.01. The normalized spacial score (nSPS) is 11.0. The molecule has 21 heavy (non-hydrogen) atoms. The van der Waals surface area contributed by atoms with E-state index in [1.54, 1.807) is 0 Å². The van der Waals surface area contributed by atoms with Gasteiger partial charge in [0.1, 0.15) is 0 Å². The van der Waals surface area contributed by atoms with Crippen molar-refractivity contribution in [1.82, 2.24) is 5.43 Å². The van der Waals surface area contributed by atoms with Gasteiger partial charge in [0.25, 0.3) is 0 Å². The number of rotatable bonds is 5. The van der Waals surface area contributed by atoms with Crippen LogP contribution in [0.5, 0.6) is 0 Å². The summed E-state index contributed by atoms with van der Waals surface area (Å²) in [6.45, 7) is 2.09. The van der Waals surface area contributed by atoms with Crippen molar-refractivity contribution in [2.24, 2.45) is 5.10 Å². The Balaban J connectivity index is 2.01.